The van der Waals surface area contributed by atoms with Gasteiger partial charge in [0.25, 0.3) is 0 Å². The summed E-state index contributed by atoms with van der Waals surface area (Å²) in [6.45, 7) is 3.72. The van der Waals surface area contributed by atoms with Crippen molar-refractivity contribution < 1.29 is 9.47 Å². The zero-order chi connectivity index (χ0) is 11.2. The van der Waals surface area contributed by atoms with Crippen LogP contribution in [0.3, 0.4) is 0 Å². The monoisotopic (exact) mass is 220 g/mol. The van der Waals surface area contributed by atoms with Gasteiger partial charge >= 0.3 is 0 Å². The van der Waals surface area contributed by atoms with Crippen molar-refractivity contribution >= 4 is 0 Å². The van der Waals surface area contributed by atoms with E-state index in [1.165, 1.54) is 24.0 Å². The van der Waals surface area contributed by atoms with Crippen molar-refractivity contribution in [3.8, 4) is 0 Å². The lowest BCUT2D eigenvalue weighted by molar-refractivity contribution is -0.161. The lowest BCUT2D eigenvalue weighted by atomic mass is 10.1. The lowest BCUT2D eigenvalue weighted by Gasteiger charge is -2.22. The number of benzene rings is 1. The van der Waals surface area contributed by atoms with E-state index in [0.29, 0.717) is 0 Å². The van der Waals surface area contributed by atoms with E-state index in [2.05, 4.69) is 31.2 Å². The summed E-state index contributed by atoms with van der Waals surface area (Å²) in [6, 6.07) is 8.62. The van der Waals surface area contributed by atoms with Crippen LogP contribution in [0.2, 0.25) is 0 Å². The molecule has 0 amide bonds. The van der Waals surface area contributed by atoms with Gasteiger partial charge in [0.1, 0.15) is 0 Å². The Balaban J connectivity index is 1.69. The lowest BCUT2D eigenvalue weighted by Crippen LogP contribution is -2.23. The second-order valence-corrected chi connectivity index (χ2v) is 4.40. The Labute approximate surface area is 97.6 Å². The molecule has 1 heterocycles. The molecule has 0 spiro atoms. The Morgan fingerprint density at radius 3 is 2.75 bits per heavy atom. The Kier molecular flexibility index (Phi) is 4.37. The van der Waals surface area contributed by atoms with Crippen LogP contribution in [-0.4, -0.2) is 19.5 Å². The van der Waals surface area contributed by atoms with Crippen molar-refractivity contribution in [2.75, 3.05) is 13.2 Å². The molecular formula is C14H20O2. The molecule has 1 fully saturated rings. The van der Waals surface area contributed by atoms with Crippen LogP contribution in [-0.2, 0) is 15.9 Å². The molecule has 1 aliphatic heterocycles. The first-order valence-electron chi connectivity index (χ1n) is 6.13. The summed E-state index contributed by atoms with van der Waals surface area (Å²) in [5, 5.41) is 0. The fourth-order valence-corrected chi connectivity index (χ4v) is 1.91. The standard InChI is InChI=1S/C14H20O2/c1-12-5-7-13(8-6-12)9-11-16-14-4-2-3-10-15-14/h5-8,14H,2-4,9-11H2,1H3. The van der Waals surface area contributed by atoms with E-state index in [1.54, 1.807) is 0 Å². The van der Waals surface area contributed by atoms with Gasteiger partial charge < -0.3 is 9.47 Å². The van der Waals surface area contributed by atoms with E-state index in [9.17, 15) is 0 Å². The average Bonchev–Trinajstić information content (AvgIpc) is 2.33. The van der Waals surface area contributed by atoms with Gasteiger partial charge in [-0.3, -0.25) is 0 Å². The van der Waals surface area contributed by atoms with E-state index in [0.717, 1.165) is 26.1 Å². The van der Waals surface area contributed by atoms with E-state index in [4.69, 9.17) is 9.47 Å². The summed E-state index contributed by atoms with van der Waals surface area (Å²) >= 11 is 0. The van der Waals surface area contributed by atoms with Crippen LogP contribution < -0.4 is 0 Å². The number of ether oxygens (including phenoxy) is 2. The molecule has 88 valence electrons. The van der Waals surface area contributed by atoms with Crippen LogP contribution in [0.4, 0.5) is 0 Å². The second-order valence-electron chi connectivity index (χ2n) is 4.40. The molecule has 0 saturated carbocycles. The summed E-state index contributed by atoms with van der Waals surface area (Å²) in [5.41, 5.74) is 2.64. The van der Waals surface area contributed by atoms with Crippen LogP contribution in [0.1, 0.15) is 30.4 Å². The van der Waals surface area contributed by atoms with E-state index >= 15 is 0 Å². The number of hydrogen-bond acceptors (Lipinski definition) is 2. The molecule has 1 aromatic rings. The van der Waals surface area contributed by atoms with E-state index in [-0.39, 0.29) is 6.29 Å². The molecule has 0 aromatic heterocycles. The zero-order valence-corrected chi connectivity index (χ0v) is 9.95. The highest BCUT2D eigenvalue weighted by molar-refractivity contribution is 5.21. The fraction of sp³-hybridized carbons (Fsp3) is 0.571. The van der Waals surface area contributed by atoms with Crippen LogP contribution >= 0.6 is 0 Å². The Morgan fingerprint density at radius 2 is 2.06 bits per heavy atom. The topological polar surface area (TPSA) is 18.5 Å². The molecule has 1 unspecified atom stereocenters. The van der Waals surface area contributed by atoms with Crippen molar-refractivity contribution in [1.82, 2.24) is 0 Å². The van der Waals surface area contributed by atoms with Gasteiger partial charge in [0.2, 0.25) is 0 Å². The molecule has 2 nitrogen and oxygen atoms in total. The molecule has 0 radical (unpaired) electrons. The smallest absolute Gasteiger partial charge is 0.157 e. The molecule has 1 atom stereocenters. The molecule has 16 heavy (non-hydrogen) atoms. The van der Waals surface area contributed by atoms with Crippen molar-refractivity contribution in [3.63, 3.8) is 0 Å². The summed E-state index contributed by atoms with van der Waals surface area (Å²) < 4.78 is 11.2. The van der Waals surface area contributed by atoms with Crippen LogP contribution in [0.15, 0.2) is 24.3 Å². The maximum atomic E-state index is 5.69. The number of aryl methyl sites for hydroxylation is 1. The van der Waals surface area contributed by atoms with Crippen molar-refractivity contribution in [2.45, 2.75) is 38.9 Å². The van der Waals surface area contributed by atoms with Crippen LogP contribution in [0.5, 0.6) is 0 Å². The van der Waals surface area contributed by atoms with Crippen LogP contribution in [0.25, 0.3) is 0 Å². The quantitative estimate of drug-likeness (QED) is 0.776. The van der Waals surface area contributed by atoms with Gasteiger partial charge in [0, 0.05) is 6.61 Å². The average molecular weight is 220 g/mol. The largest absolute Gasteiger partial charge is 0.353 e. The molecular weight excluding hydrogens is 200 g/mol. The highest BCUT2D eigenvalue weighted by Crippen LogP contribution is 2.14. The summed E-state index contributed by atoms with van der Waals surface area (Å²) in [5.74, 6) is 0. The van der Waals surface area contributed by atoms with Crippen LogP contribution in [0, 0.1) is 6.92 Å². The van der Waals surface area contributed by atoms with E-state index in [1.807, 2.05) is 0 Å². The highest BCUT2D eigenvalue weighted by atomic mass is 16.7. The molecule has 2 heteroatoms. The Bertz CT molecular complexity index is 299. The maximum Gasteiger partial charge on any atom is 0.157 e. The predicted octanol–water partition coefficient (Wildman–Crippen LogP) is 3.08. The summed E-state index contributed by atoms with van der Waals surface area (Å²) in [6.07, 6.45) is 4.47. The first-order chi connectivity index (χ1) is 7.84. The zero-order valence-electron chi connectivity index (χ0n) is 9.95. The molecule has 0 bridgehead atoms. The normalized spacial score (nSPS) is 20.9. The SMILES string of the molecule is Cc1ccc(CCOC2CCCCO2)cc1. The third-order valence-electron chi connectivity index (χ3n) is 2.95. The minimum Gasteiger partial charge on any atom is -0.353 e. The van der Waals surface area contributed by atoms with Gasteiger partial charge in [0.05, 0.1) is 6.61 Å². The molecule has 2 rings (SSSR count). The first-order valence-corrected chi connectivity index (χ1v) is 6.13. The molecule has 1 aliphatic rings. The van der Waals surface area contributed by atoms with Crippen molar-refractivity contribution in [2.24, 2.45) is 0 Å². The molecule has 0 N–H and O–H groups in total. The Hall–Kier alpha value is -0.860. The van der Waals surface area contributed by atoms with Gasteiger partial charge in [-0.25, -0.2) is 0 Å². The third kappa shape index (κ3) is 3.62. The van der Waals surface area contributed by atoms with Gasteiger partial charge in [0.15, 0.2) is 6.29 Å². The fourth-order valence-electron chi connectivity index (χ4n) is 1.91. The van der Waals surface area contributed by atoms with E-state index < -0.39 is 0 Å². The number of hydrogen-bond donors (Lipinski definition) is 0. The predicted molar refractivity (Wildman–Crippen MR) is 64.4 cm³/mol. The third-order valence-corrected chi connectivity index (χ3v) is 2.95. The molecule has 0 aliphatic carbocycles. The van der Waals surface area contributed by atoms with Gasteiger partial charge in [-0.05, 0) is 38.2 Å². The molecule has 1 aromatic carbocycles. The first kappa shape index (κ1) is 11.6. The number of rotatable bonds is 4. The molecule has 1 saturated heterocycles. The highest BCUT2D eigenvalue weighted by Gasteiger charge is 2.13. The van der Waals surface area contributed by atoms with Gasteiger partial charge in [-0.15, -0.1) is 0 Å². The van der Waals surface area contributed by atoms with Gasteiger partial charge in [-0.2, -0.15) is 0 Å². The summed E-state index contributed by atoms with van der Waals surface area (Å²) in [7, 11) is 0. The minimum atomic E-state index is 0.0409. The summed E-state index contributed by atoms with van der Waals surface area (Å²) in [4.78, 5) is 0. The minimum absolute atomic E-state index is 0.0409. The Morgan fingerprint density at radius 1 is 1.25 bits per heavy atom. The second kappa shape index (κ2) is 6.02. The van der Waals surface area contributed by atoms with Gasteiger partial charge in [-0.1, -0.05) is 29.8 Å². The van der Waals surface area contributed by atoms with Crippen molar-refractivity contribution in [1.29, 1.82) is 0 Å². The maximum absolute atomic E-state index is 5.69. The van der Waals surface area contributed by atoms with Crippen molar-refractivity contribution in [3.05, 3.63) is 35.4 Å².